The van der Waals surface area contributed by atoms with Gasteiger partial charge < -0.3 is 14.7 Å². The molecule has 4 nitrogen and oxygen atoms in total. The van der Waals surface area contributed by atoms with Crippen molar-refractivity contribution in [2.75, 3.05) is 19.7 Å². The van der Waals surface area contributed by atoms with Crippen LogP contribution >= 0.6 is 0 Å². The Morgan fingerprint density at radius 3 is 2.68 bits per heavy atom. The van der Waals surface area contributed by atoms with Gasteiger partial charge in [-0.1, -0.05) is 18.2 Å². The number of aliphatic hydroxyl groups excluding tert-OH is 1. The fourth-order valence-corrected chi connectivity index (χ4v) is 2.39. The molecule has 0 saturated carbocycles. The van der Waals surface area contributed by atoms with Crippen molar-refractivity contribution >= 4 is 5.91 Å². The second-order valence-electron chi connectivity index (χ2n) is 5.10. The quantitative estimate of drug-likeness (QED) is 0.899. The number of rotatable bonds is 4. The number of aryl methyl sites for hydroxylation is 2. The number of likely N-dealkylation sites (tertiary alicyclic amines) is 1. The first-order valence-electron chi connectivity index (χ1n) is 6.73. The van der Waals surface area contributed by atoms with Crippen molar-refractivity contribution in [1.29, 1.82) is 0 Å². The van der Waals surface area contributed by atoms with Crippen LogP contribution in [0.2, 0.25) is 0 Å². The lowest BCUT2D eigenvalue weighted by Gasteiger charge is -2.16. The molecule has 1 atom stereocenters. The highest BCUT2D eigenvalue weighted by Crippen LogP contribution is 2.22. The highest BCUT2D eigenvalue weighted by molar-refractivity contribution is 5.76. The van der Waals surface area contributed by atoms with E-state index < -0.39 is 0 Å². The summed E-state index contributed by atoms with van der Waals surface area (Å²) >= 11 is 0. The van der Waals surface area contributed by atoms with Crippen LogP contribution in [0.5, 0.6) is 5.75 Å². The molecule has 1 aliphatic rings. The largest absolute Gasteiger partial charge is 0.493 e. The van der Waals surface area contributed by atoms with E-state index in [-0.39, 0.29) is 12.0 Å². The molecule has 2 rings (SSSR count). The highest BCUT2D eigenvalue weighted by atomic mass is 16.5. The Balaban J connectivity index is 1.82. The number of nitrogens with zero attached hydrogens (tertiary/aromatic N) is 1. The third kappa shape index (κ3) is 3.47. The summed E-state index contributed by atoms with van der Waals surface area (Å²) in [6.07, 6.45) is 0.688. The smallest absolute Gasteiger partial charge is 0.226 e. The summed E-state index contributed by atoms with van der Waals surface area (Å²) in [7, 11) is 0. The summed E-state index contributed by atoms with van der Waals surface area (Å²) in [4.78, 5) is 13.6. The van der Waals surface area contributed by atoms with Gasteiger partial charge in [0, 0.05) is 13.1 Å². The highest BCUT2D eigenvalue weighted by Gasteiger charge is 2.24. The normalized spacial score (nSPS) is 18.7. The summed E-state index contributed by atoms with van der Waals surface area (Å²) in [5, 5.41) is 9.40. The zero-order valence-corrected chi connectivity index (χ0v) is 11.6. The molecule has 1 heterocycles. The van der Waals surface area contributed by atoms with Crippen molar-refractivity contribution in [3.8, 4) is 5.75 Å². The predicted octanol–water partition coefficient (Wildman–Crippen LogP) is 1.67. The van der Waals surface area contributed by atoms with Crippen LogP contribution in [0, 0.1) is 13.8 Å². The van der Waals surface area contributed by atoms with E-state index in [4.69, 9.17) is 4.74 Å². The van der Waals surface area contributed by atoms with Crippen molar-refractivity contribution < 1.29 is 14.6 Å². The molecule has 1 aliphatic heterocycles. The molecular weight excluding hydrogens is 242 g/mol. The number of ether oxygens (including phenoxy) is 1. The monoisotopic (exact) mass is 263 g/mol. The van der Waals surface area contributed by atoms with Gasteiger partial charge in [0.15, 0.2) is 0 Å². The molecule has 1 amide bonds. The second-order valence-corrected chi connectivity index (χ2v) is 5.10. The van der Waals surface area contributed by atoms with Gasteiger partial charge >= 0.3 is 0 Å². The average molecular weight is 263 g/mol. The fourth-order valence-electron chi connectivity index (χ4n) is 2.39. The Morgan fingerprint density at radius 1 is 1.42 bits per heavy atom. The Bertz CT molecular complexity index is 438. The van der Waals surface area contributed by atoms with Crippen molar-refractivity contribution in [2.24, 2.45) is 0 Å². The first kappa shape index (κ1) is 13.9. The molecule has 1 N–H and O–H groups in total. The Labute approximate surface area is 114 Å². The standard InChI is InChI=1S/C15H21NO3/c1-11-4-3-5-12(2)15(11)19-9-7-14(18)16-8-6-13(17)10-16/h3-5,13,17H,6-10H2,1-2H3/t13-/m0/s1. The molecule has 1 fully saturated rings. The molecule has 19 heavy (non-hydrogen) atoms. The molecule has 0 aromatic heterocycles. The van der Waals surface area contributed by atoms with Crippen LogP contribution < -0.4 is 4.74 Å². The van der Waals surface area contributed by atoms with Crippen LogP contribution in [-0.2, 0) is 4.79 Å². The zero-order valence-electron chi connectivity index (χ0n) is 11.6. The molecular formula is C15H21NO3. The Hall–Kier alpha value is -1.55. The topological polar surface area (TPSA) is 49.8 Å². The third-order valence-corrected chi connectivity index (χ3v) is 3.49. The number of hydrogen-bond donors (Lipinski definition) is 1. The molecule has 0 unspecified atom stereocenters. The maximum Gasteiger partial charge on any atom is 0.226 e. The number of aliphatic hydroxyl groups is 1. The molecule has 1 aromatic rings. The lowest BCUT2D eigenvalue weighted by Crippen LogP contribution is -2.30. The van der Waals surface area contributed by atoms with Gasteiger partial charge in [-0.05, 0) is 31.4 Å². The van der Waals surface area contributed by atoms with E-state index in [0.29, 0.717) is 32.5 Å². The van der Waals surface area contributed by atoms with Crippen molar-refractivity contribution in [2.45, 2.75) is 32.8 Å². The third-order valence-electron chi connectivity index (χ3n) is 3.49. The van der Waals surface area contributed by atoms with Gasteiger partial charge in [0.05, 0.1) is 19.1 Å². The zero-order chi connectivity index (χ0) is 13.8. The minimum Gasteiger partial charge on any atom is -0.493 e. The molecule has 0 aliphatic carbocycles. The minimum atomic E-state index is -0.358. The number of β-amino-alcohol motifs (C(OH)–C–C–N with tert-alkyl or cyclic N) is 1. The van der Waals surface area contributed by atoms with Gasteiger partial charge in [-0.3, -0.25) is 4.79 Å². The first-order valence-corrected chi connectivity index (χ1v) is 6.73. The lowest BCUT2D eigenvalue weighted by molar-refractivity contribution is -0.131. The van der Waals surface area contributed by atoms with Gasteiger partial charge in [-0.2, -0.15) is 0 Å². The number of carbonyl (C=O) groups is 1. The summed E-state index contributed by atoms with van der Waals surface area (Å²) in [5.74, 6) is 0.930. The van der Waals surface area contributed by atoms with Crippen molar-refractivity contribution in [3.05, 3.63) is 29.3 Å². The van der Waals surface area contributed by atoms with Crippen LogP contribution in [-0.4, -0.2) is 41.7 Å². The van der Waals surface area contributed by atoms with Gasteiger partial charge in [-0.25, -0.2) is 0 Å². The van der Waals surface area contributed by atoms with E-state index in [1.165, 1.54) is 0 Å². The van der Waals surface area contributed by atoms with Crippen LogP contribution in [0.25, 0.3) is 0 Å². The number of benzene rings is 1. The predicted molar refractivity (Wildman–Crippen MR) is 73.2 cm³/mol. The van der Waals surface area contributed by atoms with Crippen LogP contribution in [0.15, 0.2) is 18.2 Å². The van der Waals surface area contributed by atoms with E-state index in [1.807, 2.05) is 32.0 Å². The maximum atomic E-state index is 11.9. The summed E-state index contributed by atoms with van der Waals surface area (Å²) < 4.78 is 5.71. The molecule has 0 radical (unpaired) electrons. The second kappa shape index (κ2) is 6.06. The maximum absolute atomic E-state index is 11.9. The van der Waals surface area contributed by atoms with Crippen LogP contribution in [0.4, 0.5) is 0 Å². The lowest BCUT2D eigenvalue weighted by atomic mass is 10.1. The number of hydrogen-bond acceptors (Lipinski definition) is 3. The molecule has 104 valence electrons. The number of amides is 1. The number of carbonyl (C=O) groups excluding carboxylic acids is 1. The van der Waals surface area contributed by atoms with E-state index >= 15 is 0 Å². The van der Waals surface area contributed by atoms with Crippen molar-refractivity contribution in [3.63, 3.8) is 0 Å². The molecule has 1 saturated heterocycles. The summed E-state index contributed by atoms with van der Waals surface area (Å²) in [5.41, 5.74) is 2.17. The summed E-state index contributed by atoms with van der Waals surface area (Å²) in [6.45, 7) is 5.50. The molecule has 0 spiro atoms. The van der Waals surface area contributed by atoms with E-state index in [0.717, 1.165) is 16.9 Å². The van der Waals surface area contributed by atoms with Gasteiger partial charge in [0.1, 0.15) is 5.75 Å². The Kier molecular flexibility index (Phi) is 4.43. The van der Waals surface area contributed by atoms with E-state index in [9.17, 15) is 9.90 Å². The molecule has 1 aromatic carbocycles. The Morgan fingerprint density at radius 2 is 2.11 bits per heavy atom. The first-order chi connectivity index (χ1) is 9.08. The van der Waals surface area contributed by atoms with Gasteiger partial charge in [0.25, 0.3) is 0 Å². The van der Waals surface area contributed by atoms with E-state index in [2.05, 4.69) is 0 Å². The van der Waals surface area contributed by atoms with Crippen LogP contribution in [0.1, 0.15) is 24.0 Å². The number of para-hydroxylation sites is 1. The summed E-state index contributed by atoms with van der Waals surface area (Å²) in [6, 6.07) is 6.00. The van der Waals surface area contributed by atoms with Crippen molar-refractivity contribution in [1.82, 2.24) is 4.90 Å². The molecule has 4 heteroatoms. The fraction of sp³-hybridized carbons (Fsp3) is 0.533. The minimum absolute atomic E-state index is 0.0581. The SMILES string of the molecule is Cc1cccc(C)c1OCCC(=O)N1CC[C@H](O)C1. The molecule has 0 bridgehead atoms. The average Bonchev–Trinajstić information content (AvgIpc) is 2.79. The van der Waals surface area contributed by atoms with E-state index in [1.54, 1.807) is 4.90 Å². The van der Waals surface area contributed by atoms with Gasteiger partial charge in [0.2, 0.25) is 5.91 Å². The van der Waals surface area contributed by atoms with Gasteiger partial charge in [-0.15, -0.1) is 0 Å². The van der Waals surface area contributed by atoms with Crippen LogP contribution in [0.3, 0.4) is 0 Å².